The zero-order valence-corrected chi connectivity index (χ0v) is 10.9. The summed E-state index contributed by atoms with van der Waals surface area (Å²) in [6.45, 7) is 7.72. The van der Waals surface area contributed by atoms with Crippen LogP contribution in [-0.2, 0) is 14.9 Å². The van der Waals surface area contributed by atoms with Gasteiger partial charge in [-0.1, -0.05) is 0 Å². The van der Waals surface area contributed by atoms with Gasteiger partial charge in [0.05, 0.1) is 13.2 Å². The van der Waals surface area contributed by atoms with E-state index in [4.69, 9.17) is 4.74 Å². The van der Waals surface area contributed by atoms with Crippen molar-refractivity contribution >= 4 is 10.2 Å². The van der Waals surface area contributed by atoms with Crippen LogP contribution in [0.4, 0.5) is 0 Å². The molecule has 1 heterocycles. The van der Waals surface area contributed by atoms with Crippen molar-refractivity contribution in [3.05, 3.63) is 0 Å². The third-order valence-corrected chi connectivity index (χ3v) is 3.39. The molecule has 1 aliphatic rings. The smallest absolute Gasteiger partial charge is 0.277 e. The summed E-state index contributed by atoms with van der Waals surface area (Å²) in [5.74, 6) is 0. The second kappa shape index (κ2) is 5.42. The van der Waals surface area contributed by atoms with E-state index in [9.17, 15) is 8.42 Å². The summed E-state index contributed by atoms with van der Waals surface area (Å²) in [6.07, 6.45) is 0. The number of hydrogen-bond acceptors (Lipinski definition) is 4. The van der Waals surface area contributed by atoms with Gasteiger partial charge < -0.3 is 10.1 Å². The second-order valence-corrected chi connectivity index (χ2v) is 6.43. The Kier molecular flexibility index (Phi) is 4.69. The highest BCUT2D eigenvalue weighted by Gasteiger charge is 2.21. The van der Waals surface area contributed by atoms with Crippen LogP contribution in [0, 0.1) is 0 Å². The van der Waals surface area contributed by atoms with Gasteiger partial charge in [-0.15, -0.1) is 0 Å². The van der Waals surface area contributed by atoms with E-state index in [2.05, 4.69) is 14.8 Å². The first kappa shape index (κ1) is 13.9. The molecule has 0 bridgehead atoms. The van der Waals surface area contributed by atoms with Crippen molar-refractivity contribution in [2.75, 3.05) is 26.3 Å². The summed E-state index contributed by atoms with van der Waals surface area (Å²) >= 11 is 0. The maximum Gasteiger partial charge on any atom is 0.277 e. The van der Waals surface area contributed by atoms with E-state index >= 15 is 0 Å². The van der Waals surface area contributed by atoms with Crippen LogP contribution in [0.15, 0.2) is 0 Å². The molecule has 7 heteroatoms. The molecular weight excluding hydrogens is 230 g/mol. The molecule has 1 unspecified atom stereocenters. The molecule has 6 nitrogen and oxygen atoms in total. The van der Waals surface area contributed by atoms with Gasteiger partial charge in [0.15, 0.2) is 0 Å². The lowest BCUT2D eigenvalue weighted by Gasteiger charge is -2.25. The third kappa shape index (κ3) is 5.76. The minimum atomic E-state index is -3.43. The van der Waals surface area contributed by atoms with Crippen LogP contribution in [0.25, 0.3) is 0 Å². The number of morpholine rings is 1. The molecule has 0 amide bonds. The van der Waals surface area contributed by atoms with Crippen molar-refractivity contribution in [2.45, 2.75) is 32.4 Å². The fraction of sp³-hybridized carbons (Fsp3) is 1.00. The van der Waals surface area contributed by atoms with Crippen LogP contribution >= 0.6 is 0 Å². The van der Waals surface area contributed by atoms with Crippen LogP contribution in [0.1, 0.15) is 20.8 Å². The zero-order chi connectivity index (χ0) is 12.2. The second-order valence-electron chi connectivity index (χ2n) is 4.93. The lowest BCUT2D eigenvalue weighted by atomic mass is 10.1. The first-order valence-corrected chi connectivity index (χ1v) is 6.86. The Hall–Kier alpha value is -0.210. The molecule has 0 radical (unpaired) electrons. The first-order valence-electron chi connectivity index (χ1n) is 5.38. The average Bonchev–Trinajstić information content (AvgIpc) is 2.13. The van der Waals surface area contributed by atoms with E-state index < -0.39 is 15.7 Å². The van der Waals surface area contributed by atoms with Gasteiger partial charge in [-0.25, -0.2) is 4.72 Å². The number of nitrogens with one attached hydrogen (secondary N) is 3. The molecule has 0 saturated carbocycles. The Morgan fingerprint density at radius 2 is 2.12 bits per heavy atom. The van der Waals surface area contributed by atoms with E-state index in [-0.39, 0.29) is 6.04 Å². The van der Waals surface area contributed by atoms with Gasteiger partial charge in [0, 0.05) is 24.7 Å². The van der Waals surface area contributed by atoms with Crippen molar-refractivity contribution in [1.29, 1.82) is 0 Å². The Balaban J connectivity index is 2.35. The van der Waals surface area contributed by atoms with Crippen LogP contribution < -0.4 is 14.8 Å². The summed E-state index contributed by atoms with van der Waals surface area (Å²) < 4.78 is 33.5. The fourth-order valence-electron chi connectivity index (χ4n) is 1.40. The van der Waals surface area contributed by atoms with Crippen LogP contribution in [-0.4, -0.2) is 46.3 Å². The highest BCUT2D eigenvalue weighted by Crippen LogP contribution is 2.00. The van der Waals surface area contributed by atoms with E-state index in [0.29, 0.717) is 19.8 Å². The molecule has 0 aromatic carbocycles. The van der Waals surface area contributed by atoms with E-state index in [1.807, 2.05) is 0 Å². The Morgan fingerprint density at radius 1 is 1.44 bits per heavy atom. The van der Waals surface area contributed by atoms with Crippen molar-refractivity contribution in [3.63, 3.8) is 0 Å². The molecule has 1 fully saturated rings. The quantitative estimate of drug-likeness (QED) is 0.611. The maximum atomic E-state index is 11.6. The van der Waals surface area contributed by atoms with Crippen molar-refractivity contribution in [3.8, 4) is 0 Å². The molecule has 1 aliphatic heterocycles. The molecule has 3 N–H and O–H groups in total. The highest BCUT2D eigenvalue weighted by atomic mass is 32.2. The average molecular weight is 251 g/mol. The van der Waals surface area contributed by atoms with Gasteiger partial charge in [-0.2, -0.15) is 13.1 Å². The van der Waals surface area contributed by atoms with Gasteiger partial charge >= 0.3 is 0 Å². The zero-order valence-electron chi connectivity index (χ0n) is 10.0. The van der Waals surface area contributed by atoms with E-state index in [1.165, 1.54) is 0 Å². The number of ether oxygens (including phenoxy) is 1. The van der Waals surface area contributed by atoms with E-state index in [0.717, 1.165) is 6.54 Å². The van der Waals surface area contributed by atoms with Crippen molar-refractivity contribution in [2.24, 2.45) is 0 Å². The van der Waals surface area contributed by atoms with Crippen molar-refractivity contribution < 1.29 is 13.2 Å². The molecular formula is C9H21N3O3S. The van der Waals surface area contributed by atoms with E-state index in [1.54, 1.807) is 20.8 Å². The lowest BCUT2D eigenvalue weighted by molar-refractivity contribution is 0.0783. The maximum absolute atomic E-state index is 11.6. The molecule has 0 aromatic rings. The fourth-order valence-corrected chi connectivity index (χ4v) is 2.70. The van der Waals surface area contributed by atoms with Gasteiger partial charge in [-0.05, 0) is 20.8 Å². The number of rotatable bonds is 4. The predicted molar refractivity (Wildman–Crippen MR) is 62.4 cm³/mol. The minimum absolute atomic E-state index is 0.0466. The Bertz CT molecular complexity index is 304. The van der Waals surface area contributed by atoms with Gasteiger partial charge in [0.25, 0.3) is 10.2 Å². The highest BCUT2D eigenvalue weighted by molar-refractivity contribution is 7.87. The van der Waals surface area contributed by atoms with Gasteiger partial charge in [-0.3, -0.25) is 0 Å². The standard InChI is InChI=1S/C9H21N3O3S/c1-9(2,3)12-16(13,14)11-6-8-7-15-5-4-10-8/h8,10-12H,4-7H2,1-3H3. The largest absolute Gasteiger partial charge is 0.378 e. The van der Waals surface area contributed by atoms with Crippen LogP contribution in [0.5, 0.6) is 0 Å². The molecule has 0 spiro atoms. The Labute approximate surface area is 97.3 Å². The first-order chi connectivity index (χ1) is 7.29. The number of hydrogen-bond donors (Lipinski definition) is 3. The molecule has 1 saturated heterocycles. The SMILES string of the molecule is CC(C)(C)NS(=O)(=O)NCC1COCCN1. The summed E-state index contributed by atoms with van der Waals surface area (Å²) in [5, 5.41) is 3.17. The molecule has 0 aromatic heterocycles. The summed E-state index contributed by atoms with van der Waals surface area (Å²) in [5.41, 5.74) is -0.470. The summed E-state index contributed by atoms with van der Waals surface area (Å²) in [4.78, 5) is 0. The molecule has 1 rings (SSSR count). The minimum Gasteiger partial charge on any atom is -0.378 e. The molecule has 0 aliphatic carbocycles. The normalized spacial score (nSPS) is 23.3. The van der Waals surface area contributed by atoms with Crippen LogP contribution in [0.2, 0.25) is 0 Å². The predicted octanol–water partition coefficient (Wildman–Crippen LogP) is -0.803. The third-order valence-electron chi connectivity index (χ3n) is 1.96. The van der Waals surface area contributed by atoms with Crippen molar-refractivity contribution in [1.82, 2.24) is 14.8 Å². The molecule has 16 heavy (non-hydrogen) atoms. The summed E-state index contributed by atoms with van der Waals surface area (Å²) in [6, 6.07) is 0.0466. The Morgan fingerprint density at radius 3 is 2.62 bits per heavy atom. The molecule has 96 valence electrons. The monoisotopic (exact) mass is 251 g/mol. The topological polar surface area (TPSA) is 79.5 Å². The molecule has 1 atom stereocenters. The summed E-state index contributed by atoms with van der Waals surface area (Å²) in [7, 11) is -3.43. The lowest BCUT2D eigenvalue weighted by Crippen LogP contribution is -2.52. The van der Waals surface area contributed by atoms with Gasteiger partial charge in [0.1, 0.15) is 0 Å². The van der Waals surface area contributed by atoms with Gasteiger partial charge in [0.2, 0.25) is 0 Å². The van der Waals surface area contributed by atoms with Crippen LogP contribution in [0.3, 0.4) is 0 Å².